The lowest BCUT2D eigenvalue weighted by Crippen LogP contribution is -2.55. The second-order valence-corrected chi connectivity index (χ2v) is 7.21. The smallest absolute Gasteiger partial charge is 0.238 e. The summed E-state index contributed by atoms with van der Waals surface area (Å²) >= 11 is 0. The first-order chi connectivity index (χ1) is 12.2. The lowest BCUT2D eigenvalue weighted by Gasteiger charge is -2.30. The fourth-order valence-corrected chi connectivity index (χ4v) is 2.84. The van der Waals surface area contributed by atoms with Crippen LogP contribution in [-0.4, -0.2) is 30.1 Å². The van der Waals surface area contributed by atoms with Crippen molar-refractivity contribution in [3.63, 3.8) is 0 Å². The van der Waals surface area contributed by atoms with Gasteiger partial charge in [0.05, 0.1) is 18.2 Å². The summed E-state index contributed by atoms with van der Waals surface area (Å²) in [6.07, 6.45) is 0.175. The van der Waals surface area contributed by atoms with E-state index in [1.165, 1.54) is 6.07 Å². The average molecular weight is 365 g/mol. The molecule has 26 heavy (non-hydrogen) atoms. The van der Waals surface area contributed by atoms with Gasteiger partial charge in [-0.2, -0.15) is 5.26 Å². The number of nitrogens with zero attached hydrogens (tertiary/aromatic N) is 1. The van der Waals surface area contributed by atoms with Crippen LogP contribution in [0.15, 0.2) is 18.2 Å². The Morgan fingerprint density at radius 1 is 1.35 bits per heavy atom. The molecule has 4 atom stereocenters. The van der Waals surface area contributed by atoms with E-state index in [1.54, 1.807) is 13.8 Å². The third kappa shape index (κ3) is 4.37. The van der Waals surface area contributed by atoms with Gasteiger partial charge in [-0.05, 0) is 43.9 Å². The van der Waals surface area contributed by atoms with Crippen LogP contribution in [-0.2, 0) is 9.53 Å². The van der Waals surface area contributed by atoms with Crippen molar-refractivity contribution in [3.8, 4) is 6.07 Å². The van der Waals surface area contributed by atoms with Crippen LogP contribution >= 0.6 is 0 Å². The lowest BCUT2D eigenvalue weighted by molar-refractivity contribution is -0.124. The third-order valence-corrected chi connectivity index (χ3v) is 4.99. The largest absolute Gasteiger partial charge is 0.372 e. The number of hydrogen-bond donors (Lipinski definition) is 2. The maximum Gasteiger partial charge on any atom is 0.238 e. The fourth-order valence-electron chi connectivity index (χ4n) is 2.84. The zero-order valence-electron chi connectivity index (χ0n) is 15.5. The van der Waals surface area contributed by atoms with Crippen molar-refractivity contribution >= 4 is 5.91 Å². The first-order valence-electron chi connectivity index (χ1n) is 8.74. The second kappa shape index (κ2) is 8.11. The van der Waals surface area contributed by atoms with Crippen LogP contribution in [0.25, 0.3) is 0 Å². The van der Waals surface area contributed by atoms with Crippen molar-refractivity contribution in [2.75, 3.05) is 6.61 Å². The number of nitriles is 1. The number of hydrogen-bond acceptors (Lipinski definition) is 4. The second-order valence-electron chi connectivity index (χ2n) is 7.21. The van der Waals surface area contributed by atoms with Crippen LogP contribution in [0, 0.1) is 28.9 Å². The van der Waals surface area contributed by atoms with Gasteiger partial charge in [0.1, 0.15) is 5.54 Å². The van der Waals surface area contributed by atoms with E-state index < -0.39 is 29.3 Å². The summed E-state index contributed by atoms with van der Waals surface area (Å²) in [6.45, 7) is 7.58. The molecule has 0 saturated carbocycles. The van der Waals surface area contributed by atoms with Gasteiger partial charge in [-0.15, -0.1) is 0 Å². The number of rotatable bonds is 6. The molecule has 1 aliphatic rings. The molecule has 0 spiro atoms. The Morgan fingerprint density at radius 2 is 2.04 bits per heavy atom. The van der Waals surface area contributed by atoms with Gasteiger partial charge in [0.15, 0.2) is 11.6 Å². The summed E-state index contributed by atoms with van der Waals surface area (Å²) in [5, 5.41) is 15.3. The molecule has 2 unspecified atom stereocenters. The van der Waals surface area contributed by atoms with Crippen molar-refractivity contribution in [3.05, 3.63) is 35.4 Å². The number of amides is 1. The normalized spacial score (nSPS) is 23.3. The molecule has 0 bridgehead atoms. The first-order valence-corrected chi connectivity index (χ1v) is 8.74. The van der Waals surface area contributed by atoms with Gasteiger partial charge in [0.25, 0.3) is 0 Å². The van der Waals surface area contributed by atoms with Crippen molar-refractivity contribution in [2.45, 2.75) is 57.8 Å². The lowest BCUT2D eigenvalue weighted by atomic mass is 9.89. The summed E-state index contributed by atoms with van der Waals surface area (Å²) < 4.78 is 32.3. The Morgan fingerprint density at radius 3 is 2.62 bits per heavy atom. The van der Waals surface area contributed by atoms with Crippen molar-refractivity contribution in [1.29, 1.82) is 5.26 Å². The number of benzene rings is 1. The molecule has 5 nitrogen and oxygen atoms in total. The van der Waals surface area contributed by atoms with E-state index in [2.05, 4.69) is 16.7 Å². The molecule has 0 aliphatic carbocycles. The molecule has 1 fully saturated rings. The highest BCUT2D eigenvalue weighted by Gasteiger charge is 2.35. The van der Waals surface area contributed by atoms with Gasteiger partial charge in [0.2, 0.25) is 5.91 Å². The SMILES string of the molecule is CC(N[C@@H]1CCO[C@H]1c1ccc(F)c(F)c1)C(=O)NC(C)(C#N)C(C)C. The highest BCUT2D eigenvalue weighted by atomic mass is 19.2. The molecule has 2 N–H and O–H groups in total. The minimum absolute atomic E-state index is 0.0478. The molecular formula is C19H25F2N3O2. The van der Waals surface area contributed by atoms with E-state index in [-0.39, 0.29) is 17.9 Å². The maximum atomic E-state index is 13.5. The summed E-state index contributed by atoms with van der Waals surface area (Å²) in [5.41, 5.74) is -0.436. The predicted molar refractivity (Wildman–Crippen MR) is 93.1 cm³/mol. The van der Waals surface area contributed by atoms with Crippen molar-refractivity contribution in [1.82, 2.24) is 10.6 Å². The monoisotopic (exact) mass is 365 g/mol. The Hall–Kier alpha value is -2.04. The Bertz CT molecular complexity index is 705. The Labute approximate surface area is 152 Å². The average Bonchev–Trinajstić information content (AvgIpc) is 3.05. The summed E-state index contributed by atoms with van der Waals surface area (Å²) in [7, 11) is 0. The molecule has 2 rings (SSSR count). The van der Waals surface area contributed by atoms with Crippen LogP contribution in [0.1, 0.15) is 45.8 Å². The van der Waals surface area contributed by atoms with Gasteiger partial charge >= 0.3 is 0 Å². The Balaban J connectivity index is 2.05. The van der Waals surface area contributed by atoms with Crippen LogP contribution in [0.5, 0.6) is 0 Å². The molecular weight excluding hydrogens is 340 g/mol. The fraction of sp³-hybridized carbons (Fsp3) is 0.579. The maximum absolute atomic E-state index is 13.5. The summed E-state index contributed by atoms with van der Waals surface area (Å²) in [5.74, 6) is -2.18. The number of nitrogens with one attached hydrogen (secondary N) is 2. The molecule has 1 saturated heterocycles. The molecule has 142 valence electrons. The van der Waals surface area contributed by atoms with Gasteiger partial charge in [0, 0.05) is 12.6 Å². The van der Waals surface area contributed by atoms with Crippen molar-refractivity contribution < 1.29 is 18.3 Å². The zero-order chi connectivity index (χ0) is 19.5. The van der Waals surface area contributed by atoms with Gasteiger partial charge in [-0.25, -0.2) is 8.78 Å². The molecule has 0 radical (unpaired) electrons. The zero-order valence-corrected chi connectivity index (χ0v) is 15.5. The van der Waals surface area contributed by atoms with E-state index in [0.29, 0.717) is 18.6 Å². The highest BCUT2D eigenvalue weighted by molar-refractivity contribution is 5.82. The van der Waals surface area contributed by atoms with E-state index in [0.717, 1.165) is 12.1 Å². The Kier molecular flexibility index (Phi) is 6.32. The molecule has 1 aliphatic heterocycles. The molecule has 1 amide bonds. The molecule has 0 aromatic heterocycles. The topological polar surface area (TPSA) is 74.2 Å². The standard InChI is InChI=1S/C19H25F2N3O2/c1-11(2)19(4,10-22)24-18(25)12(3)23-16-7-8-26-17(16)13-5-6-14(20)15(21)9-13/h5-6,9,11-12,16-17,23H,7-8H2,1-4H3,(H,24,25)/t12?,16-,17+,19?/m1/s1. The van der Waals surface area contributed by atoms with E-state index in [1.807, 2.05) is 13.8 Å². The summed E-state index contributed by atoms with van der Waals surface area (Å²) in [6, 6.07) is 5.04. The minimum Gasteiger partial charge on any atom is -0.372 e. The number of carbonyl (C=O) groups excluding carboxylic acids is 1. The molecule has 1 heterocycles. The van der Waals surface area contributed by atoms with Gasteiger partial charge < -0.3 is 15.4 Å². The number of halogens is 2. The van der Waals surface area contributed by atoms with E-state index >= 15 is 0 Å². The van der Waals surface area contributed by atoms with E-state index in [9.17, 15) is 18.8 Å². The van der Waals surface area contributed by atoms with Crippen molar-refractivity contribution in [2.24, 2.45) is 5.92 Å². The van der Waals surface area contributed by atoms with E-state index in [4.69, 9.17) is 4.74 Å². The van der Waals surface area contributed by atoms with Crippen LogP contribution < -0.4 is 10.6 Å². The van der Waals surface area contributed by atoms with Gasteiger partial charge in [-0.1, -0.05) is 19.9 Å². The minimum atomic E-state index is -0.960. The molecule has 7 heteroatoms. The number of carbonyl (C=O) groups is 1. The van der Waals surface area contributed by atoms with Crippen LogP contribution in [0.4, 0.5) is 8.78 Å². The first kappa shape index (κ1) is 20.3. The highest BCUT2D eigenvalue weighted by Crippen LogP contribution is 2.30. The molecule has 1 aromatic rings. The van der Waals surface area contributed by atoms with Crippen LogP contribution in [0.2, 0.25) is 0 Å². The summed E-state index contributed by atoms with van der Waals surface area (Å²) in [4.78, 5) is 12.5. The quantitative estimate of drug-likeness (QED) is 0.813. The third-order valence-electron chi connectivity index (χ3n) is 4.99. The van der Waals surface area contributed by atoms with Gasteiger partial charge in [-0.3, -0.25) is 4.79 Å². The van der Waals surface area contributed by atoms with Crippen LogP contribution in [0.3, 0.4) is 0 Å². The molecule has 1 aromatic carbocycles. The predicted octanol–water partition coefficient (Wildman–Crippen LogP) is 2.83. The number of ether oxygens (including phenoxy) is 1.